The van der Waals surface area contributed by atoms with E-state index in [2.05, 4.69) is 36.3 Å². The van der Waals surface area contributed by atoms with Gasteiger partial charge < -0.3 is 15.4 Å². The van der Waals surface area contributed by atoms with Crippen molar-refractivity contribution in [3.63, 3.8) is 0 Å². The Hall–Kier alpha value is -2.59. The van der Waals surface area contributed by atoms with Gasteiger partial charge in [-0.25, -0.2) is 4.98 Å². The highest BCUT2D eigenvalue weighted by molar-refractivity contribution is 9.10. The number of alkyl halides is 3. The highest BCUT2D eigenvalue weighted by atomic mass is 79.9. The van der Waals surface area contributed by atoms with Crippen LogP contribution in [0.5, 0.6) is 5.75 Å². The van der Waals surface area contributed by atoms with Crippen LogP contribution in [0.15, 0.2) is 52.3 Å². The number of halogens is 4. The molecule has 3 rings (SSSR count). The molecule has 0 saturated carbocycles. The number of hydrogen-bond acceptors (Lipinski definition) is 5. The molecule has 5 nitrogen and oxygen atoms in total. The zero-order valence-corrected chi connectivity index (χ0v) is 17.4. The fourth-order valence-corrected chi connectivity index (χ4v) is 3.38. The largest absolute Gasteiger partial charge is 0.573 e. The molecular formula is C19H15BrF3N3O2S. The molecule has 0 unspecified atom stereocenters. The number of thiazole rings is 1. The first kappa shape index (κ1) is 21.1. The first-order valence-corrected chi connectivity index (χ1v) is 9.98. The molecule has 2 aromatic carbocycles. The Kier molecular flexibility index (Phi) is 6.43. The van der Waals surface area contributed by atoms with E-state index < -0.39 is 6.36 Å². The summed E-state index contributed by atoms with van der Waals surface area (Å²) in [5, 5.41) is 8.08. The maximum Gasteiger partial charge on any atom is 0.573 e. The van der Waals surface area contributed by atoms with E-state index >= 15 is 0 Å². The molecule has 0 bridgehead atoms. The van der Waals surface area contributed by atoms with E-state index in [0.29, 0.717) is 22.2 Å². The summed E-state index contributed by atoms with van der Waals surface area (Å²) in [6.45, 7) is 1.93. The Bertz CT molecular complexity index is 1010. The SMILES string of the molecule is Cc1cc(NC(=O)Cc2csc(Nc3ccc(OC(F)(F)F)cc3)n2)ccc1Br. The fraction of sp³-hybridized carbons (Fsp3) is 0.158. The van der Waals surface area contributed by atoms with Crippen LogP contribution in [0.4, 0.5) is 29.7 Å². The van der Waals surface area contributed by atoms with E-state index in [4.69, 9.17) is 0 Å². The summed E-state index contributed by atoms with van der Waals surface area (Å²) in [4.78, 5) is 16.5. The van der Waals surface area contributed by atoms with Gasteiger partial charge in [-0.05, 0) is 55.0 Å². The van der Waals surface area contributed by atoms with Crippen LogP contribution in [0.2, 0.25) is 0 Å². The van der Waals surface area contributed by atoms with E-state index in [0.717, 1.165) is 10.0 Å². The van der Waals surface area contributed by atoms with Crippen molar-refractivity contribution in [3.8, 4) is 5.75 Å². The number of aryl methyl sites for hydroxylation is 1. The van der Waals surface area contributed by atoms with Crippen LogP contribution in [-0.2, 0) is 11.2 Å². The van der Waals surface area contributed by atoms with Gasteiger partial charge in [0.25, 0.3) is 0 Å². The first-order valence-electron chi connectivity index (χ1n) is 8.31. The number of rotatable bonds is 6. The summed E-state index contributed by atoms with van der Waals surface area (Å²) in [7, 11) is 0. The highest BCUT2D eigenvalue weighted by Crippen LogP contribution is 2.26. The third kappa shape index (κ3) is 6.47. The molecule has 0 saturated heterocycles. The monoisotopic (exact) mass is 485 g/mol. The normalized spacial score (nSPS) is 11.2. The molecule has 3 aromatic rings. The zero-order chi connectivity index (χ0) is 21.0. The Morgan fingerprint density at radius 2 is 1.86 bits per heavy atom. The number of hydrogen-bond donors (Lipinski definition) is 2. The van der Waals surface area contributed by atoms with Crippen LogP contribution in [0, 0.1) is 6.92 Å². The van der Waals surface area contributed by atoms with Gasteiger partial charge in [0, 0.05) is 21.2 Å². The second-order valence-electron chi connectivity index (χ2n) is 6.03. The summed E-state index contributed by atoms with van der Waals surface area (Å²) in [5.41, 5.74) is 2.84. The molecule has 0 radical (unpaired) electrons. The smallest absolute Gasteiger partial charge is 0.406 e. The molecule has 2 N–H and O–H groups in total. The van der Waals surface area contributed by atoms with Crippen molar-refractivity contribution >= 4 is 49.7 Å². The molecule has 0 spiro atoms. The van der Waals surface area contributed by atoms with Gasteiger partial charge in [0.15, 0.2) is 5.13 Å². The molecule has 1 amide bonds. The van der Waals surface area contributed by atoms with E-state index in [1.54, 1.807) is 11.4 Å². The summed E-state index contributed by atoms with van der Waals surface area (Å²) in [5.74, 6) is -0.500. The maximum absolute atomic E-state index is 12.2. The van der Waals surface area contributed by atoms with E-state index in [1.807, 2.05) is 19.1 Å². The van der Waals surface area contributed by atoms with Gasteiger partial charge in [0.1, 0.15) is 5.75 Å². The lowest BCUT2D eigenvalue weighted by atomic mass is 10.2. The third-order valence-electron chi connectivity index (χ3n) is 3.67. The van der Waals surface area contributed by atoms with Crippen molar-refractivity contribution < 1.29 is 22.7 Å². The number of nitrogens with one attached hydrogen (secondary N) is 2. The summed E-state index contributed by atoms with van der Waals surface area (Å²) in [6.07, 6.45) is -4.62. The quantitative estimate of drug-likeness (QED) is 0.446. The fourth-order valence-electron chi connectivity index (χ4n) is 2.40. The second kappa shape index (κ2) is 8.83. The lowest BCUT2D eigenvalue weighted by molar-refractivity contribution is -0.274. The van der Waals surface area contributed by atoms with Crippen molar-refractivity contribution in [1.29, 1.82) is 0 Å². The Morgan fingerprint density at radius 1 is 1.17 bits per heavy atom. The predicted molar refractivity (Wildman–Crippen MR) is 110 cm³/mol. The van der Waals surface area contributed by atoms with Gasteiger partial charge in [0.2, 0.25) is 5.91 Å². The Labute approximate surface area is 177 Å². The number of amides is 1. The molecule has 0 aliphatic carbocycles. The Balaban J connectivity index is 1.56. The standard InChI is InChI=1S/C19H15BrF3N3O2S/c1-11-8-13(4-7-16(11)20)24-17(27)9-14-10-29-18(26-14)25-12-2-5-15(6-3-12)28-19(21,22)23/h2-8,10H,9H2,1H3,(H,24,27)(H,25,26). The van der Waals surface area contributed by atoms with E-state index in [1.165, 1.54) is 35.6 Å². The molecule has 29 heavy (non-hydrogen) atoms. The number of carbonyl (C=O) groups is 1. The number of ether oxygens (including phenoxy) is 1. The van der Waals surface area contributed by atoms with Crippen LogP contribution >= 0.6 is 27.3 Å². The van der Waals surface area contributed by atoms with Crippen molar-refractivity contribution in [1.82, 2.24) is 4.98 Å². The van der Waals surface area contributed by atoms with Crippen molar-refractivity contribution in [2.75, 3.05) is 10.6 Å². The van der Waals surface area contributed by atoms with Crippen LogP contribution < -0.4 is 15.4 Å². The molecule has 0 aliphatic heterocycles. The predicted octanol–water partition coefficient (Wildman–Crippen LogP) is 6.04. The summed E-state index contributed by atoms with van der Waals surface area (Å²) < 4.78 is 41.4. The van der Waals surface area contributed by atoms with Gasteiger partial charge in [-0.3, -0.25) is 4.79 Å². The number of aromatic nitrogens is 1. The van der Waals surface area contributed by atoms with Crippen molar-refractivity contribution in [3.05, 3.63) is 63.6 Å². The van der Waals surface area contributed by atoms with Crippen LogP contribution in [0.3, 0.4) is 0 Å². The van der Waals surface area contributed by atoms with Crippen LogP contribution in [0.25, 0.3) is 0 Å². The lowest BCUT2D eigenvalue weighted by Gasteiger charge is -2.09. The lowest BCUT2D eigenvalue weighted by Crippen LogP contribution is -2.16. The maximum atomic E-state index is 12.2. The van der Waals surface area contributed by atoms with E-state index in [9.17, 15) is 18.0 Å². The van der Waals surface area contributed by atoms with Crippen LogP contribution in [-0.4, -0.2) is 17.3 Å². The number of carbonyl (C=O) groups excluding carboxylic acids is 1. The molecule has 1 aromatic heterocycles. The number of benzene rings is 2. The van der Waals surface area contributed by atoms with Gasteiger partial charge in [-0.15, -0.1) is 24.5 Å². The first-order chi connectivity index (χ1) is 13.7. The molecule has 0 atom stereocenters. The van der Waals surface area contributed by atoms with E-state index in [-0.39, 0.29) is 18.1 Å². The highest BCUT2D eigenvalue weighted by Gasteiger charge is 2.30. The molecule has 0 aliphatic rings. The molecule has 10 heteroatoms. The number of anilines is 3. The van der Waals surface area contributed by atoms with Gasteiger partial charge in [-0.2, -0.15) is 0 Å². The van der Waals surface area contributed by atoms with Gasteiger partial charge in [0.05, 0.1) is 12.1 Å². The Morgan fingerprint density at radius 3 is 2.52 bits per heavy atom. The topological polar surface area (TPSA) is 63.2 Å². The summed E-state index contributed by atoms with van der Waals surface area (Å²) in [6, 6.07) is 10.8. The van der Waals surface area contributed by atoms with Crippen molar-refractivity contribution in [2.45, 2.75) is 19.7 Å². The number of nitrogens with zero attached hydrogens (tertiary/aromatic N) is 1. The van der Waals surface area contributed by atoms with Crippen LogP contribution in [0.1, 0.15) is 11.3 Å². The van der Waals surface area contributed by atoms with Crippen molar-refractivity contribution in [2.24, 2.45) is 0 Å². The second-order valence-corrected chi connectivity index (χ2v) is 7.74. The minimum absolute atomic E-state index is 0.103. The van der Waals surface area contributed by atoms with Gasteiger partial charge >= 0.3 is 6.36 Å². The zero-order valence-electron chi connectivity index (χ0n) is 15.0. The molecular weight excluding hydrogens is 471 g/mol. The average Bonchev–Trinajstić information content (AvgIpc) is 3.05. The average molecular weight is 486 g/mol. The third-order valence-corrected chi connectivity index (χ3v) is 5.37. The minimum Gasteiger partial charge on any atom is -0.406 e. The van der Waals surface area contributed by atoms with Gasteiger partial charge in [-0.1, -0.05) is 15.9 Å². The minimum atomic E-state index is -4.73. The molecule has 152 valence electrons. The molecule has 0 fully saturated rings. The molecule has 1 heterocycles. The summed E-state index contributed by atoms with van der Waals surface area (Å²) >= 11 is 4.70.